The van der Waals surface area contributed by atoms with Crippen LogP contribution in [0.2, 0.25) is 0 Å². The number of ether oxygens (including phenoxy) is 6. The average Bonchev–Trinajstić information content (AvgIpc) is 4.11. The second-order valence-electron chi connectivity index (χ2n) is 16.1. The standard InChI is InChI=1S/C40H53N5O12S/c1-23-7-5-6-8-25-18-40(25,38(48)44-58(50,51)29-10-11-29)43-35(46)32-17-27(20-45(32)37(47)34(24(2)15-23)42-39(49)57-28-21-54-22-28)56-36-30-12-9-26(53-4)16-31(30)33(19-41-36)55-14-13-52-3/h6,8-9,12,16,19,23-25,27-29,32,34H,5,7,10-11,13-15,17-18,20-22H2,1-4H3,(H,42,49)(H,43,46)(H,44,48)/b8-6-/t23-,24+,25+,27+,32-,34-,40+/m0/s1. The van der Waals surface area contributed by atoms with Crippen molar-refractivity contribution in [2.45, 2.75) is 93.9 Å². The van der Waals surface area contributed by atoms with Crippen molar-refractivity contribution in [1.29, 1.82) is 0 Å². The molecule has 2 aromatic rings. The molecule has 2 saturated carbocycles. The van der Waals surface area contributed by atoms with E-state index in [1.54, 1.807) is 32.4 Å². The van der Waals surface area contributed by atoms with Gasteiger partial charge in [0.15, 0.2) is 6.10 Å². The van der Waals surface area contributed by atoms with Crippen LogP contribution in [0.4, 0.5) is 4.79 Å². The highest BCUT2D eigenvalue weighted by Gasteiger charge is 2.62. The van der Waals surface area contributed by atoms with Gasteiger partial charge in [0.2, 0.25) is 27.7 Å². The number of rotatable bonds is 12. The lowest BCUT2D eigenvalue weighted by atomic mass is 9.88. The number of hydrogen-bond donors (Lipinski definition) is 3. The first-order chi connectivity index (χ1) is 27.8. The molecule has 3 aliphatic heterocycles. The van der Waals surface area contributed by atoms with Crippen molar-refractivity contribution in [2.75, 3.05) is 47.2 Å². The SMILES string of the molecule is COCCOc1cnc(O[C@@H]2C[C@H]3C(=O)N[C@]4(C(=O)NS(=O)(=O)C5CC5)C[C@H]4/C=C\CC[C@H](C)C[C@@H](C)[C@H](NC(=O)OC4COC4)C(=O)N3C2)c2ccc(OC)cc12. The van der Waals surface area contributed by atoms with E-state index in [1.807, 2.05) is 19.1 Å². The van der Waals surface area contributed by atoms with E-state index in [2.05, 4.69) is 27.3 Å². The normalized spacial score (nSPS) is 29.7. The Hall–Kier alpha value is -4.68. The average molecular weight is 828 g/mol. The number of hydrogen-bond acceptors (Lipinski definition) is 13. The second kappa shape index (κ2) is 17.3. The van der Waals surface area contributed by atoms with E-state index in [9.17, 15) is 27.6 Å². The molecule has 1 aromatic heterocycles. The molecule has 2 aliphatic carbocycles. The Labute approximate surface area is 337 Å². The van der Waals surface area contributed by atoms with Gasteiger partial charge in [0.1, 0.15) is 41.8 Å². The Balaban J connectivity index is 1.21. The van der Waals surface area contributed by atoms with Crippen molar-refractivity contribution in [3.63, 3.8) is 0 Å². The minimum Gasteiger partial charge on any atom is -0.497 e. The van der Waals surface area contributed by atoms with E-state index in [0.717, 1.165) is 6.42 Å². The highest BCUT2D eigenvalue weighted by molar-refractivity contribution is 7.91. The molecule has 3 N–H and O–H groups in total. The van der Waals surface area contributed by atoms with Crippen LogP contribution in [0.25, 0.3) is 10.8 Å². The van der Waals surface area contributed by atoms with Gasteiger partial charge in [-0.3, -0.25) is 19.1 Å². The fourth-order valence-electron chi connectivity index (χ4n) is 7.99. The third kappa shape index (κ3) is 9.13. The number of alkyl carbamates (subject to hydrolysis) is 1. The van der Waals surface area contributed by atoms with Gasteiger partial charge in [-0.25, -0.2) is 18.2 Å². The van der Waals surface area contributed by atoms with Crippen molar-refractivity contribution in [3.05, 3.63) is 36.5 Å². The van der Waals surface area contributed by atoms with E-state index >= 15 is 0 Å². The maximum Gasteiger partial charge on any atom is 0.408 e. The first kappa shape index (κ1) is 41.5. The van der Waals surface area contributed by atoms with Crippen LogP contribution in [0.15, 0.2) is 36.5 Å². The summed E-state index contributed by atoms with van der Waals surface area (Å²) in [5.41, 5.74) is -1.54. The molecule has 0 radical (unpaired) electrons. The van der Waals surface area contributed by atoms with Gasteiger partial charge < -0.3 is 44.0 Å². The van der Waals surface area contributed by atoms with Crippen molar-refractivity contribution in [2.24, 2.45) is 17.8 Å². The summed E-state index contributed by atoms with van der Waals surface area (Å²) in [6, 6.07) is 3.10. The third-order valence-electron chi connectivity index (χ3n) is 11.6. The quantitative estimate of drug-likeness (QED) is 0.208. The van der Waals surface area contributed by atoms with Crippen molar-refractivity contribution in [1.82, 2.24) is 25.2 Å². The molecule has 4 amide bonds. The number of allylic oxidation sites excluding steroid dienone is 1. The Bertz CT molecular complexity index is 2020. The number of nitrogens with one attached hydrogen (secondary N) is 3. The van der Waals surface area contributed by atoms with Crippen molar-refractivity contribution < 1.29 is 56.0 Å². The van der Waals surface area contributed by atoms with Crippen LogP contribution in [0.3, 0.4) is 0 Å². The number of benzene rings is 1. The number of nitrogens with zero attached hydrogens (tertiary/aromatic N) is 2. The number of pyridine rings is 1. The molecule has 2 saturated heterocycles. The Morgan fingerprint density at radius 3 is 2.55 bits per heavy atom. The maximum absolute atomic E-state index is 14.8. The molecule has 7 atom stereocenters. The summed E-state index contributed by atoms with van der Waals surface area (Å²) in [7, 11) is -0.793. The second-order valence-corrected chi connectivity index (χ2v) is 18.1. The van der Waals surface area contributed by atoms with Crippen molar-refractivity contribution >= 4 is 44.6 Å². The van der Waals surface area contributed by atoms with Gasteiger partial charge in [0, 0.05) is 30.2 Å². The number of amides is 4. The fourth-order valence-corrected chi connectivity index (χ4v) is 9.35. The minimum atomic E-state index is -3.92. The number of aromatic nitrogens is 1. The van der Waals surface area contributed by atoms with Gasteiger partial charge in [-0.05, 0) is 68.6 Å². The summed E-state index contributed by atoms with van der Waals surface area (Å²) in [6.45, 7) is 5.04. The number of fused-ring (bicyclic) bond motifs is 3. The van der Waals surface area contributed by atoms with E-state index in [4.69, 9.17) is 28.4 Å². The summed E-state index contributed by atoms with van der Waals surface area (Å²) in [5.74, 6) is -1.38. The number of methoxy groups -OCH3 is 2. The predicted octanol–water partition coefficient (Wildman–Crippen LogP) is 2.61. The summed E-state index contributed by atoms with van der Waals surface area (Å²) < 4.78 is 61.8. The van der Waals surface area contributed by atoms with Crippen LogP contribution in [0.5, 0.6) is 17.4 Å². The van der Waals surface area contributed by atoms with Gasteiger partial charge in [0.25, 0.3) is 5.91 Å². The van der Waals surface area contributed by atoms with Crippen LogP contribution >= 0.6 is 0 Å². The number of carbonyl (C=O) groups is 4. The lowest BCUT2D eigenvalue weighted by Crippen LogP contribution is -2.59. The molecule has 4 fully saturated rings. The zero-order valence-electron chi connectivity index (χ0n) is 33.3. The van der Waals surface area contributed by atoms with Crippen LogP contribution in [-0.2, 0) is 38.6 Å². The molecule has 7 rings (SSSR count). The molecule has 58 heavy (non-hydrogen) atoms. The first-order valence-corrected chi connectivity index (χ1v) is 21.5. The van der Waals surface area contributed by atoms with Gasteiger partial charge in [-0.2, -0.15) is 0 Å². The summed E-state index contributed by atoms with van der Waals surface area (Å²) in [5, 5.41) is 6.30. The van der Waals surface area contributed by atoms with Crippen LogP contribution in [0.1, 0.15) is 58.8 Å². The zero-order chi connectivity index (χ0) is 41.2. The summed E-state index contributed by atoms with van der Waals surface area (Å²) in [4.78, 5) is 62.3. The highest BCUT2D eigenvalue weighted by atomic mass is 32.2. The Morgan fingerprint density at radius 1 is 1.05 bits per heavy atom. The molecule has 0 unspecified atom stereocenters. The van der Waals surface area contributed by atoms with Gasteiger partial charge in [-0.1, -0.05) is 26.0 Å². The molecular weight excluding hydrogens is 775 g/mol. The number of sulfonamides is 1. The first-order valence-electron chi connectivity index (χ1n) is 20.0. The zero-order valence-corrected chi connectivity index (χ0v) is 34.1. The largest absolute Gasteiger partial charge is 0.497 e. The molecule has 316 valence electrons. The monoisotopic (exact) mass is 827 g/mol. The van der Waals surface area contributed by atoms with E-state index in [-0.39, 0.29) is 56.9 Å². The highest BCUT2D eigenvalue weighted by Crippen LogP contribution is 2.46. The van der Waals surface area contributed by atoms with Gasteiger partial charge in [0.05, 0.1) is 44.9 Å². The summed E-state index contributed by atoms with van der Waals surface area (Å²) in [6.07, 6.45) is 6.48. The maximum atomic E-state index is 14.8. The van der Waals surface area contributed by atoms with E-state index < -0.39 is 74.8 Å². The molecule has 0 spiro atoms. The smallest absolute Gasteiger partial charge is 0.408 e. The molecule has 4 heterocycles. The summed E-state index contributed by atoms with van der Waals surface area (Å²) >= 11 is 0. The van der Waals surface area contributed by atoms with Gasteiger partial charge >= 0.3 is 6.09 Å². The van der Waals surface area contributed by atoms with Crippen LogP contribution < -0.4 is 29.6 Å². The van der Waals surface area contributed by atoms with Crippen molar-refractivity contribution in [3.8, 4) is 17.4 Å². The van der Waals surface area contributed by atoms with Crippen LogP contribution in [-0.4, -0.2) is 124 Å². The lowest BCUT2D eigenvalue weighted by molar-refractivity contribution is -0.142. The minimum absolute atomic E-state index is 0.00291. The molecule has 0 bridgehead atoms. The molecular formula is C40H53N5O12S. The number of carbonyl (C=O) groups excluding carboxylic acids is 4. The Morgan fingerprint density at radius 2 is 1.84 bits per heavy atom. The lowest BCUT2D eigenvalue weighted by Gasteiger charge is -2.33. The van der Waals surface area contributed by atoms with E-state index in [0.29, 0.717) is 54.6 Å². The molecule has 1 aromatic carbocycles. The van der Waals surface area contributed by atoms with E-state index in [1.165, 1.54) is 11.1 Å². The molecule has 17 nitrogen and oxygen atoms in total. The van der Waals surface area contributed by atoms with Gasteiger partial charge in [-0.15, -0.1) is 0 Å². The third-order valence-corrected chi connectivity index (χ3v) is 13.4. The molecule has 5 aliphatic rings. The topological polar surface area (TPSA) is 210 Å². The molecule has 18 heteroatoms. The Kier molecular flexibility index (Phi) is 12.4. The van der Waals surface area contributed by atoms with Crippen LogP contribution in [0, 0.1) is 17.8 Å². The predicted molar refractivity (Wildman–Crippen MR) is 209 cm³/mol. The fraction of sp³-hybridized carbons (Fsp3) is 0.625.